The average molecular weight is 129 g/mol. The first-order valence-corrected chi connectivity index (χ1v) is 2.94. The molecule has 0 bridgehead atoms. The third kappa shape index (κ3) is 3.85. The van der Waals surface area contributed by atoms with Crippen molar-refractivity contribution in [3.05, 3.63) is 0 Å². The van der Waals surface area contributed by atoms with Crippen molar-refractivity contribution in [3.8, 4) is 0 Å². The first-order chi connectivity index (χ1) is 4.35. The van der Waals surface area contributed by atoms with Gasteiger partial charge in [-0.3, -0.25) is 4.90 Å². The molecule has 0 fully saturated rings. The number of carbonyl (C=O) groups excluding carboxylic acids is 2. The van der Waals surface area contributed by atoms with Crippen LogP contribution in [-0.4, -0.2) is 37.1 Å². The fourth-order valence-corrected chi connectivity index (χ4v) is 0.544. The molecular weight excluding hydrogens is 118 g/mol. The Balaban J connectivity index is 3.39. The smallest absolute Gasteiger partial charge is 0.133 e. The van der Waals surface area contributed by atoms with Crippen LogP contribution in [0.15, 0.2) is 0 Å². The second-order valence-corrected chi connectivity index (χ2v) is 1.69. The molecule has 3 nitrogen and oxygen atoms in total. The molecule has 3 heteroatoms. The standard InChI is InChI=1S/C6H11NO2/c1-2-7(3-5-8)4-6-9/h5-6H,2-4H2,1H3. The molecule has 0 aliphatic rings. The van der Waals surface area contributed by atoms with Crippen LogP contribution in [0, 0.1) is 0 Å². The van der Waals surface area contributed by atoms with E-state index in [2.05, 4.69) is 0 Å². The van der Waals surface area contributed by atoms with Crippen LogP contribution in [0.1, 0.15) is 6.92 Å². The molecule has 52 valence electrons. The topological polar surface area (TPSA) is 37.4 Å². The van der Waals surface area contributed by atoms with Crippen LogP contribution in [0.25, 0.3) is 0 Å². The van der Waals surface area contributed by atoms with E-state index in [1.807, 2.05) is 6.92 Å². The minimum Gasteiger partial charge on any atom is -0.302 e. The quantitative estimate of drug-likeness (QED) is 0.478. The lowest BCUT2D eigenvalue weighted by atomic mass is 10.5. The molecule has 0 atom stereocenters. The normalized spacial score (nSPS) is 9.56. The number of aldehydes is 2. The minimum atomic E-state index is 0.356. The average Bonchev–Trinajstić information content (AvgIpc) is 1.88. The van der Waals surface area contributed by atoms with Crippen LogP contribution in [0.5, 0.6) is 0 Å². The number of nitrogens with zero attached hydrogens (tertiary/aromatic N) is 1. The monoisotopic (exact) mass is 129 g/mol. The zero-order valence-electron chi connectivity index (χ0n) is 5.54. The van der Waals surface area contributed by atoms with E-state index in [-0.39, 0.29) is 0 Å². The minimum absolute atomic E-state index is 0.356. The Labute approximate surface area is 54.6 Å². The maximum atomic E-state index is 9.89. The molecule has 0 unspecified atom stereocenters. The molecule has 0 spiro atoms. The highest BCUT2D eigenvalue weighted by molar-refractivity contribution is 5.56. The van der Waals surface area contributed by atoms with Crippen LogP contribution < -0.4 is 0 Å². The Kier molecular flexibility index (Phi) is 5.01. The third-order valence-electron chi connectivity index (χ3n) is 1.11. The first kappa shape index (κ1) is 8.30. The van der Waals surface area contributed by atoms with E-state index in [1.165, 1.54) is 0 Å². The van der Waals surface area contributed by atoms with E-state index in [4.69, 9.17) is 0 Å². The summed E-state index contributed by atoms with van der Waals surface area (Å²) >= 11 is 0. The molecule has 0 saturated heterocycles. The van der Waals surface area contributed by atoms with Crippen molar-refractivity contribution in [2.45, 2.75) is 6.92 Å². The molecule has 0 aromatic carbocycles. The van der Waals surface area contributed by atoms with Gasteiger partial charge in [0.15, 0.2) is 0 Å². The maximum Gasteiger partial charge on any atom is 0.133 e. The Morgan fingerprint density at radius 1 is 1.22 bits per heavy atom. The van der Waals surface area contributed by atoms with Gasteiger partial charge in [-0.15, -0.1) is 0 Å². The van der Waals surface area contributed by atoms with E-state index < -0.39 is 0 Å². The molecule has 9 heavy (non-hydrogen) atoms. The van der Waals surface area contributed by atoms with E-state index >= 15 is 0 Å². The Morgan fingerprint density at radius 3 is 1.89 bits per heavy atom. The van der Waals surface area contributed by atoms with Gasteiger partial charge in [-0.1, -0.05) is 6.92 Å². The predicted octanol–water partition coefficient (Wildman–Crippen LogP) is -0.294. The summed E-state index contributed by atoms with van der Waals surface area (Å²) in [6.45, 7) is 3.37. The summed E-state index contributed by atoms with van der Waals surface area (Å²) in [6.07, 6.45) is 1.60. The molecule has 0 aliphatic carbocycles. The van der Waals surface area contributed by atoms with Gasteiger partial charge in [-0.2, -0.15) is 0 Å². The second-order valence-electron chi connectivity index (χ2n) is 1.69. The Bertz CT molecular complexity index is 83.1. The van der Waals surface area contributed by atoms with E-state index in [0.717, 1.165) is 19.1 Å². The van der Waals surface area contributed by atoms with Crippen LogP contribution >= 0.6 is 0 Å². The van der Waals surface area contributed by atoms with Crippen LogP contribution in [0.2, 0.25) is 0 Å². The van der Waals surface area contributed by atoms with Crippen molar-refractivity contribution in [3.63, 3.8) is 0 Å². The summed E-state index contributed by atoms with van der Waals surface area (Å²) in [4.78, 5) is 21.5. The lowest BCUT2D eigenvalue weighted by molar-refractivity contribution is -0.111. The zero-order chi connectivity index (χ0) is 7.11. The number of hydrogen-bond donors (Lipinski definition) is 0. The summed E-state index contributed by atoms with van der Waals surface area (Å²) in [7, 11) is 0. The van der Waals surface area contributed by atoms with Gasteiger partial charge in [-0.25, -0.2) is 0 Å². The van der Waals surface area contributed by atoms with E-state index in [1.54, 1.807) is 4.90 Å². The number of carbonyl (C=O) groups is 2. The highest BCUT2D eigenvalue weighted by atomic mass is 16.1. The first-order valence-electron chi connectivity index (χ1n) is 2.94. The molecule has 0 aromatic rings. The molecular formula is C6H11NO2. The van der Waals surface area contributed by atoms with Crippen molar-refractivity contribution in [2.75, 3.05) is 19.6 Å². The largest absolute Gasteiger partial charge is 0.302 e. The van der Waals surface area contributed by atoms with Crippen molar-refractivity contribution < 1.29 is 9.59 Å². The van der Waals surface area contributed by atoms with Gasteiger partial charge in [0, 0.05) is 0 Å². The van der Waals surface area contributed by atoms with Crippen molar-refractivity contribution >= 4 is 12.6 Å². The zero-order valence-corrected chi connectivity index (χ0v) is 5.54. The summed E-state index contributed by atoms with van der Waals surface area (Å²) in [5.74, 6) is 0. The van der Waals surface area contributed by atoms with E-state index in [9.17, 15) is 9.59 Å². The lowest BCUT2D eigenvalue weighted by Crippen LogP contribution is -2.27. The van der Waals surface area contributed by atoms with Gasteiger partial charge in [-0.05, 0) is 6.54 Å². The van der Waals surface area contributed by atoms with Gasteiger partial charge in [0.25, 0.3) is 0 Å². The third-order valence-corrected chi connectivity index (χ3v) is 1.11. The van der Waals surface area contributed by atoms with Gasteiger partial charge in [0.05, 0.1) is 13.1 Å². The number of likely N-dealkylation sites (N-methyl/N-ethyl adjacent to an activating group) is 1. The summed E-state index contributed by atoms with van der Waals surface area (Å²) < 4.78 is 0. The molecule has 0 saturated carbocycles. The maximum absolute atomic E-state index is 9.89. The van der Waals surface area contributed by atoms with Gasteiger partial charge in [0.2, 0.25) is 0 Å². The lowest BCUT2D eigenvalue weighted by Gasteiger charge is -2.11. The SMILES string of the molecule is CCN(CC=O)CC=O. The van der Waals surface area contributed by atoms with Crippen molar-refractivity contribution in [1.29, 1.82) is 0 Å². The molecule has 0 N–H and O–H groups in total. The second kappa shape index (κ2) is 5.44. The highest BCUT2D eigenvalue weighted by Gasteiger charge is 1.96. The van der Waals surface area contributed by atoms with Crippen molar-refractivity contribution in [1.82, 2.24) is 4.90 Å². The Morgan fingerprint density at radius 2 is 1.67 bits per heavy atom. The summed E-state index contributed by atoms with van der Waals surface area (Å²) in [6, 6.07) is 0. The number of hydrogen-bond acceptors (Lipinski definition) is 3. The fourth-order valence-electron chi connectivity index (χ4n) is 0.544. The van der Waals surface area contributed by atoms with Crippen molar-refractivity contribution in [2.24, 2.45) is 0 Å². The van der Waals surface area contributed by atoms with Crippen LogP contribution in [-0.2, 0) is 9.59 Å². The van der Waals surface area contributed by atoms with Gasteiger partial charge >= 0.3 is 0 Å². The molecule has 0 radical (unpaired) electrons. The Hall–Kier alpha value is -0.700. The molecule has 0 amide bonds. The molecule has 0 aliphatic heterocycles. The summed E-state index contributed by atoms with van der Waals surface area (Å²) in [5.41, 5.74) is 0. The van der Waals surface area contributed by atoms with Crippen LogP contribution in [0.3, 0.4) is 0 Å². The molecule has 0 rings (SSSR count). The molecule has 0 heterocycles. The molecule has 0 aromatic heterocycles. The van der Waals surface area contributed by atoms with Gasteiger partial charge < -0.3 is 9.59 Å². The fraction of sp³-hybridized carbons (Fsp3) is 0.667. The predicted molar refractivity (Wildman–Crippen MR) is 34.2 cm³/mol. The number of rotatable bonds is 5. The van der Waals surface area contributed by atoms with E-state index in [0.29, 0.717) is 13.1 Å². The summed E-state index contributed by atoms with van der Waals surface area (Å²) in [5, 5.41) is 0. The highest BCUT2D eigenvalue weighted by Crippen LogP contribution is 1.79. The van der Waals surface area contributed by atoms with Gasteiger partial charge in [0.1, 0.15) is 12.6 Å². The van der Waals surface area contributed by atoms with Crippen LogP contribution in [0.4, 0.5) is 0 Å².